The molecule has 0 atom stereocenters. The summed E-state index contributed by atoms with van der Waals surface area (Å²) in [6.45, 7) is 4.41. The number of hydrogen-bond donors (Lipinski definition) is 1. The average Bonchev–Trinajstić information content (AvgIpc) is 2.39. The van der Waals surface area contributed by atoms with Crippen LogP contribution in [0.2, 0.25) is 0 Å². The van der Waals surface area contributed by atoms with Crippen molar-refractivity contribution < 1.29 is 19.4 Å². The normalized spacial score (nSPS) is 9.79. The summed E-state index contributed by atoms with van der Waals surface area (Å²) >= 11 is 0. The Balaban J connectivity index is 2.92. The van der Waals surface area contributed by atoms with Crippen LogP contribution >= 0.6 is 0 Å². The SMILES string of the molecule is CC#CCOc1ccc(C=CC(=O)O)cc1OCC. The second kappa shape index (κ2) is 7.83. The molecular formula is C15H16O4. The Hall–Kier alpha value is -2.41. The molecule has 4 nitrogen and oxygen atoms in total. The Kier molecular flexibility index (Phi) is 6.04. The van der Waals surface area contributed by atoms with Gasteiger partial charge in [-0.2, -0.15) is 0 Å². The molecule has 1 N–H and O–H groups in total. The van der Waals surface area contributed by atoms with E-state index in [-0.39, 0.29) is 0 Å². The third-order valence-electron chi connectivity index (χ3n) is 2.16. The molecule has 1 aromatic carbocycles. The highest BCUT2D eigenvalue weighted by Gasteiger charge is 2.05. The number of rotatable bonds is 6. The van der Waals surface area contributed by atoms with E-state index in [9.17, 15) is 4.79 Å². The van der Waals surface area contributed by atoms with E-state index < -0.39 is 5.97 Å². The highest BCUT2D eigenvalue weighted by Crippen LogP contribution is 2.28. The first-order valence-electron chi connectivity index (χ1n) is 5.87. The number of benzene rings is 1. The summed E-state index contributed by atoms with van der Waals surface area (Å²) < 4.78 is 10.9. The van der Waals surface area contributed by atoms with Crippen LogP contribution in [0, 0.1) is 11.8 Å². The van der Waals surface area contributed by atoms with Crippen molar-refractivity contribution in [2.24, 2.45) is 0 Å². The fourth-order valence-electron chi connectivity index (χ4n) is 1.37. The summed E-state index contributed by atoms with van der Waals surface area (Å²) in [7, 11) is 0. The summed E-state index contributed by atoms with van der Waals surface area (Å²) in [6.07, 6.45) is 2.58. The quantitative estimate of drug-likeness (QED) is 0.631. The lowest BCUT2D eigenvalue weighted by atomic mass is 10.2. The molecule has 19 heavy (non-hydrogen) atoms. The third kappa shape index (κ3) is 5.17. The summed E-state index contributed by atoms with van der Waals surface area (Å²) in [6, 6.07) is 5.23. The average molecular weight is 260 g/mol. The number of carboxylic acids is 1. The predicted molar refractivity (Wildman–Crippen MR) is 73.2 cm³/mol. The molecule has 0 fully saturated rings. The Bertz CT molecular complexity index is 521. The molecule has 0 amide bonds. The van der Waals surface area contributed by atoms with Gasteiger partial charge in [-0.15, -0.1) is 5.92 Å². The molecule has 0 aliphatic rings. The summed E-state index contributed by atoms with van der Waals surface area (Å²) in [5.41, 5.74) is 0.736. The van der Waals surface area contributed by atoms with E-state index in [0.717, 1.165) is 11.6 Å². The second-order valence-corrected chi connectivity index (χ2v) is 3.53. The molecule has 0 saturated heterocycles. The topological polar surface area (TPSA) is 55.8 Å². The van der Waals surface area contributed by atoms with Crippen molar-refractivity contribution in [1.82, 2.24) is 0 Å². The number of aliphatic carboxylic acids is 1. The molecule has 0 spiro atoms. The third-order valence-corrected chi connectivity index (χ3v) is 2.16. The van der Waals surface area contributed by atoms with Crippen molar-refractivity contribution in [3.05, 3.63) is 29.8 Å². The standard InChI is InChI=1S/C15H16O4/c1-3-5-10-19-13-8-6-12(7-9-15(16)17)11-14(13)18-4-2/h6-9,11H,4,10H2,1-2H3,(H,16,17). The highest BCUT2D eigenvalue weighted by atomic mass is 16.5. The fraction of sp³-hybridized carbons (Fsp3) is 0.267. The van der Waals surface area contributed by atoms with Gasteiger partial charge in [-0.1, -0.05) is 12.0 Å². The van der Waals surface area contributed by atoms with Gasteiger partial charge in [-0.05, 0) is 37.6 Å². The van der Waals surface area contributed by atoms with Crippen molar-refractivity contribution in [1.29, 1.82) is 0 Å². The van der Waals surface area contributed by atoms with Crippen LogP contribution in [0.5, 0.6) is 11.5 Å². The van der Waals surface area contributed by atoms with E-state index >= 15 is 0 Å². The van der Waals surface area contributed by atoms with E-state index in [1.807, 2.05) is 6.92 Å². The van der Waals surface area contributed by atoms with E-state index in [1.165, 1.54) is 6.08 Å². The molecule has 0 bridgehead atoms. The first kappa shape index (κ1) is 14.7. The van der Waals surface area contributed by atoms with Crippen LogP contribution in [0.15, 0.2) is 24.3 Å². The van der Waals surface area contributed by atoms with Gasteiger partial charge in [0.1, 0.15) is 6.61 Å². The lowest BCUT2D eigenvalue weighted by Gasteiger charge is -2.10. The summed E-state index contributed by atoms with van der Waals surface area (Å²) in [5.74, 6) is 5.72. The number of ether oxygens (including phenoxy) is 2. The van der Waals surface area contributed by atoms with Crippen molar-refractivity contribution in [2.45, 2.75) is 13.8 Å². The smallest absolute Gasteiger partial charge is 0.328 e. The zero-order valence-electron chi connectivity index (χ0n) is 11.0. The predicted octanol–water partition coefficient (Wildman–Crippen LogP) is 2.59. The summed E-state index contributed by atoms with van der Waals surface area (Å²) in [5, 5.41) is 8.59. The number of hydrogen-bond acceptors (Lipinski definition) is 3. The van der Waals surface area contributed by atoms with E-state index in [1.54, 1.807) is 25.1 Å². The lowest BCUT2D eigenvalue weighted by molar-refractivity contribution is -0.131. The molecule has 4 heteroatoms. The minimum atomic E-state index is -0.989. The van der Waals surface area contributed by atoms with Gasteiger partial charge in [0.2, 0.25) is 0 Å². The monoisotopic (exact) mass is 260 g/mol. The van der Waals surface area contributed by atoms with E-state index in [2.05, 4.69) is 11.8 Å². The largest absolute Gasteiger partial charge is 0.490 e. The Morgan fingerprint density at radius 2 is 2.16 bits per heavy atom. The van der Waals surface area contributed by atoms with Gasteiger partial charge in [0, 0.05) is 6.08 Å². The van der Waals surface area contributed by atoms with Crippen LogP contribution in [0.25, 0.3) is 6.08 Å². The molecule has 0 unspecified atom stereocenters. The van der Waals surface area contributed by atoms with Crippen molar-refractivity contribution >= 4 is 12.0 Å². The zero-order valence-corrected chi connectivity index (χ0v) is 11.0. The first-order valence-corrected chi connectivity index (χ1v) is 5.87. The molecule has 0 aliphatic carbocycles. The molecule has 0 heterocycles. The van der Waals surface area contributed by atoms with Gasteiger partial charge in [-0.25, -0.2) is 4.79 Å². The van der Waals surface area contributed by atoms with E-state index in [0.29, 0.717) is 24.7 Å². The lowest BCUT2D eigenvalue weighted by Crippen LogP contribution is -1.99. The van der Waals surface area contributed by atoms with Gasteiger partial charge in [-0.3, -0.25) is 0 Å². The minimum absolute atomic E-state index is 0.293. The molecule has 0 aromatic heterocycles. The number of carboxylic acid groups (broad SMARTS) is 1. The molecule has 0 radical (unpaired) electrons. The first-order chi connectivity index (χ1) is 9.17. The van der Waals surface area contributed by atoms with Crippen molar-refractivity contribution in [3.63, 3.8) is 0 Å². The zero-order chi connectivity index (χ0) is 14.1. The van der Waals surface area contributed by atoms with Crippen molar-refractivity contribution in [2.75, 3.05) is 13.2 Å². The maximum absolute atomic E-state index is 10.5. The van der Waals surface area contributed by atoms with E-state index in [4.69, 9.17) is 14.6 Å². The van der Waals surface area contributed by atoms with Crippen LogP contribution < -0.4 is 9.47 Å². The molecule has 1 aromatic rings. The molecule has 0 aliphatic heterocycles. The van der Waals surface area contributed by atoms with Gasteiger partial charge in [0.15, 0.2) is 11.5 Å². The van der Waals surface area contributed by atoms with Crippen LogP contribution in [-0.2, 0) is 4.79 Å². The van der Waals surface area contributed by atoms with Crippen LogP contribution in [0.4, 0.5) is 0 Å². The van der Waals surface area contributed by atoms with Crippen molar-refractivity contribution in [3.8, 4) is 23.3 Å². The molecule has 1 rings (SSSR count). The maximum atomic E-state index is 10.5. The van der Waals surface area contributed by atoms with Gasteiger partial charge in [0.05, 0.1) is 6.61 Å². The highest BCUT2D eigenvalue weighted by molar-refractivity contribution is 5.85. The molecular weight excluding hydrogens is 244 g/mol. The minimum Gasteiger partial charge on any atom is -0.490 e. The van der Waals surface area contributed by atoms with Gasteiger partial charge >= 0.3 is 5.97 Å². The number of carbonyl (C=O) groups is 1. The Labute approximate surface area is 112 Å². The Morgan fingerprint density at radius 3 is 2.79 bits per heavy atom. The Morgan fingerprint density at radius 1 is 1.37 bits per heavy atom. The maximum Gasteiger partial charge on any atom is 0.328 e. The molecule has 0 saturated carbocycles. The van der Waals surface area contributed by atoms with Crippen LogP contribution in [0.1, 0.15) is 19.4 Å². The fourth-order valence-corrected chi connectivity index (χ4v) is 1.37. The van der Waals surface area contributed by atoms with Gasteiger partial charge < -0.3 is 14.6 Å². The summed E-state index contributed by atoms with van der Waals surface area (Å²) in [4.78, 5) is 10.5. The second-order valence-electron chi connectivity index (χ2n) is 3.53. The molecule has 100 valence electrons. The van der Waals surface area contributed by atoms with Gasteiger partial charge in [0.25, 0.3) is 0 Å². The van der Waals surface area contributed by atoms with Crippen LogP contribution in [0.3, 0.4) is 0 Å². The van der Waals surface area contributed by atoms with Crippen LogP contribution in [-0.4, -0.2) is 24.3 Å².